The summed E-state index contributed by atoms with van der Waals surface area (Å²) in [5.74, 6) is 0. The van der Waals surface area contributed by atoms with Gasteiger partial charge in [0.15, 0.2) is 0 Å². The lowest BCUT2D eigenvalue weighted by Crippen LogP contribution is -2.13. The SMILES string of the molecule is NC(Cc1cncc2ccccc12)c1ccccc1. The van der Waals surface area contributed by atoms with Gasteiger partial charge in [0, 0.05) is 23.8 Å². The summed E-state index contributed by atoms with van der Waals surface area (Å²) in [4.78, 5) is 4.30. The number of benzene rings is 2. The summed E-state index contributed by atoms with van der Waals surface area (Å²) in [6, 6.07) is 18.5. The molecule has 1 atom stereocenters. The van der Waals surface area contributed by atoms with E-state index in [0.29, 0.717) is 0 Å². The number of hydrogen-bond donors (Lipinski definition) is 1. The Bertz CT molecular complexity index is 672. The number of hydrogen-bond acceptors (Lipinski definition) is 2. The van der Waals surface area contributed by atoms with Crippen LogP contribution in [0, 0.1) is 0 Å². The van der Waals surface area contributed by atoms with Crippen LogP contribution in [0.25, 0.3) is 10.8 Å². The molecule has 0 bridgehead atoms. The van der Waals surface area contributed by atoms with Crippen molar-refractivity contribution in [3.05, 3.63) is 78.1 Å². The number of fused-ring (bicyclic) bond motifs is 1. The summed E-state index contributed by atoms with van der Waals surface area (Å²) in [7, 11) is 0. The van der Waals surface area contributed by atoms with Crippen LogP contribution in [0.1, 0.15) is 17.2 Å². The average Bonchev–Trinajstić information content (AvgIpc) is 2.48. The van der Waals surface area contributed by atoms with Gasteiger partial charge in [-0.1, -0.05) is 54.6 Å². The summed E-state index contributed by atoms with van der Waals surface area (Å²) < 4.78 is 0. The van der Waals surface area contributed by atoms with Gasteiger partial charge in [-0.3, -0.25) is 4.98 Å². The summed E-state index contributed by atoms with van der Waals surface area (Å²) in [5.41, 5.74) is 8.66. The van der Waals surface area contributed by atoms with Crippen LogP contribution in [0.3, 0.4) is 0 Å². The van der Waals surface area contributed by atoms with E-state index in [2.05, 4.69) is 35.3 Å². The van der Waals surface area contributed by atoms with Crippen LogP contribution < -0.4 is 5.73 Å². The molecule has 0 amide bonds. The van der Waals surface area contributed by atoms with Crippen molar-refractivity contribution in [2.75, 3.05) is 0 Å². The van der Waals surface area contributed by atoms with Gasteiger partial charge < -0.3 is 5.73 Å². The molecule has 0 aliphatic rings. The average molecular weight is 248 g/mol. The van der Waals surface area contributed by atoms with Crippen molar-refractivity contribution in [1.82, 2.24) is 4.98 Å². The van der Waals surface area contributed by atoms with Gasteiger partial charge in [0.05, 0.1) is 0 Å². The lowest BCUT2D eigenvalue weighted by molar-refractivity contribution is 0.723. The fraction of sp³-hybridized carbons (Fsp3) is 0.118. The highest BCUT2D eigenvalue weighted by Gasteiger charge is 2.09. The highest BCUT2D eigenvalue weighted by molar-refractivity contribution is 5.84. The van der Waals surface area contributed by atoms with Crippen molar-refractivity contribution in [3.8, 4) is 0 Å². The molecular formula is C17H16N2. The highest BCUT2D eigenvalue weighted by atomic mass is 14.6. The Labute approximate surface area is 112 Å². The van der Waals surface area contributed by atoms with Crippen molar-refractivity contribution >= 4 is 10.8 Å². The lowest BCUT2D eigenvalue weighted by atomic mass is 9.97. The zero-order valence-corrected chi connectivity index (χ0v) is 10.7. The first kappa shape index (κ1) is 11.9. The van der Waals surface area contributed by atoms with Gasteiger partial charge in [0.1, 0.15) is 0 Å². The molecule has 3 aromatic rings. The highest BCUT2D eigenvalue weighted by Crippen LogP contribution is 2.22. The molecule has 2 aromatic carbocycles. The molecular weight excluding hydrogens is 232 g/mol. The molecule has 0 radical (unpaired) electrons. The van der Waals surface area contributed by atoms with Gasteiger partial charge in [-0.25, -0.2) is 0 Å². The van der Waals surface area contributed by atoms with Crippen LogP contribution in [0.5, 0.6) is 0 Å². The van der Waals surface area contributed by atoms with Crippen LogP contribution in [0.15, 0.2) is 67.0 Å². The predicted molar refractivity (Wildman–Crippen MR) is 78.8 cm³/mol. The molecule has 0 saturated carbocycles. The first-order chi connectivity index (χ1) is 9.34. The Hall–Kier alpha value is -2.19. The standard InChI is InChI=1S/C17H16N2/c18-17(13-6-2-1-3-7-13)10-15-12-19-11-14-8-4-5-9-16(14)15/h1-9,11-12,17H,10,18H2. The van der Waals surface area contributed by atoms with Gasteiger partial charge in [-0.2, -0.15) is 0 Å². The summed E-state index contributed by atoms with van der Waals surface area (Å²) in [6.45, 7) is 0. The minimum Gasteiger partial charge on any atom is -0.324 e. The fourth-order valence-electron chi connectivity index (χ4n) is 2.40. The Morgan fingerprint density at radius 3 is 2.47 bits per heavy atom. The maximum absolute atomic E-state index is 6.29. The maximum Gasteiger partial charge on any atom is 0.0346 e. The molecule has 0 aliphatic carbocycles. The Kier molecular flexibility index (Phi) is 3.25. The number of nitrogens with zero attached hydrogens (tertiary/aromatic N) is 1. The molecule has 0 spiro atoms. The predicted octanol–water partition coefficient (Wildman–Crippen LogP) is 3.48. The first-order valence-corrected chi connectivity index (χ1v) is 6.47. The van der Waals surface area contributed by atoms with E-state index in [1.54, 1.807) is 0 Å². The number of nitrogens with two attached hydrogens (primary N) is 1. The third-order valence-corrected chi connectivity index (χ3v) is 3.42. The topological polar surface area (TPSA) is 38.9 Å². The van der Waals surface area contributed by atoms with Crippen LogP contribution >= 0.6 is 0 Å². The van der Waals surface area contributed by atoms with Crippen LogP contribution in [0.4, 0.5) is 0 Å². The molecule has 2 N–H and O–H groups in total. The summed E-state index contributed by atoms with van der Waals surface area (Å²) in [6.07, 6.45) is 4.62. The second kappa shape index (κ2) is 5.21. The zero-order valence-electron chi connectivity index (χ0n) is 10.7. The lowest BCUT2D eigenvalue weighted by Gasteiger charge is -2.13. The molecule has 1 heterocycles. The van der Waals surface area contributed by atoms with Crippen LogP contribution in [-0.4, -0.2) is 4.98 Å². The molecule has 2 nitrogen and oxygen atoms in total. The largest absolute Gasteiger partial charge is 0.324 e. The van der Waals surface area contributed by atoms with E-state index in [1.807, 2.05) is 36.7 Å². The van der Waals surface area contributed by atoms with Gasteiger partial charge in [-0.05, 0) is 22.9 Å². The van der Waals surface area contributed by atoms with Crippen molar-refractivity contribution in [2.45, 2.75) is 12.5 Å². The zero-order chi connectivity index (χ0) is 13.1. The van der Waals surface area contributed by atoms with Crippen LogP contribution in [-0.2, 0) is 6.42 Å². The number of rotatable bonds is 3. The summed E-state index contributed by atoms with van der Waals surface area (Å²) >= 11 is 0. The van der Waals surface area contributed by atoms with Crippen molar-refractivity contribution in [1.29, 1.82) is 0 Å². The van der Waals surface area contributed by atoms with E-state index in [4.69, 9.17) is 5.73 Å². The minimum atomic E-state index is 0.00815. The van der Waals surface area contributed by atoms with E-state index in [0.717, 1.165) is 12.0 Å². The number of aromatic nitrogens is 1. The first-order valence-electron chi connectivity index (χ1n) is 6.47. The Morgan fingerprint density at radius 1 is 0.895 bits per heavy atom. The van der Waals surface area contributed by atoms with E-state index >= 15 is 0 Å². The molecule has 0 aliphatic heterocycles. The van der Waals surface area contributed by atoms with Gasteiger partial charge in [-0.15, -0.1) is 0 Å². The molecule has 0 saturated heterocycles. The van der Waals surface area contributed by atoms with Gasteiger partial charge in [0.25, 0.3) is 0 Å². The van der Waals surface area contributed by atoms with E-state index in [1.165, 1.54) is 16.3 Å². The molecule has 94 valence electrons. The Balaban J connectivity index is 1.94. The second-order valence-corrected chi connectivity index (χ2v) is 4.74. The van der Waals surface area contributed by atoms with Crippen molar-refractivity contribution in [3.63, 3.8) is 0 Å². The smallest absolute Gasteiger partial charge is 0.0346 e. The summed E-state index contributed by atoms with van der Waals surface area (Å²) in [5, 5.41) is 2.41. The third kappa shape index (κ3) is 2.49. The van der Waals surface area contributed by atoms with E-state index < -0.39 is 0 Å². The van der Waals surface area contributed by atoms with Gasteiger partial charge >= 0.3 is 0 Å². The molecule has 0 fully saturated rings. The molecule has 1 unspecified atom stereocenters. The fourth-order valence-corrected chi connectivity index (χ4v) is 2.40. The van der Waals surface area contributed by atoms with Crippen LogP contribution in [0.2, 0.25) is 0 Å². The molecule has 1 aromatic heterocycles. The van der Waals surface area contributed by atoms with Crippen molar-refractivity contribution < 1.29 is 0 Å². The van der Waals surface area contributed by atoms with Gasteiger partial charge in [0.2, 0.25) is 0 Å². The maximum atomic E-state index is 6.29. The second-order valence-electron chi connectivity index (χ2n) is 4.74. The molecule has 3 rings (SSSR count). The van der Waals surface area contributed by atoms with E-state index in [-0.39, 0.29) is 6.04 Å². The minimum absolute atomic E-state index is 0.00815. The number of pyridine rings is 1. The third-order valence-electron chi connectivity index (χ3n) is 3.42. The molecule has 2 heteroatoms. The quantitative estimate of drug-likeness (QED) is 0.770. The van der Waals surface area contributed by atoms with E-state index in [9.17, 15) is 0 Å². The normalized spacial score (nSPS) is 12.5. The Morgan fingerprint density at radius 2 is 1.63 bits per heavy atom. The monoisotopic (exact) mass is 248 g/mol. The molecule has 19 heavy (non-hydrogen) atoms. The van der Waals surface area contributed by atoms with Crippen molar-refractivity contribution in [2.24, 2.45) is 5.73 Å².